The van der Waals surface area contributed by atoms with Gasteiger partial charge in [-0.2, -0.15) is 0 Å². The highest BCUT2D eigenvalue weighted by Crippen LogP contribution is 2.46. The van der Waals surface area contributed by atoms with Crippen molar-refractivity contribution in [1.29, 1.82) is 0 Å². The smallest absolute Gasteiger partial charge is 0.184 e. The lowest BCUT2D eigenvalue weighted by molar-refractivity contribution is 0.00605. The van der Waals surface area contributed by atoms with Gasteiger partial charge in [0.05, 0.1) is 25.6 Å². The van der Waals surface area contributed by atoms with E-state index in [2.05, 4.69) is 38.7 Å². The van der Waals surface area contributed by atoms with Crippen molar-refractivity contribution in [1.82, 2.24) is 0 Å². The van der Waals surface area contributed by atoms with E-state index in [1.165, 1.54) is 5.57 Å². The summed E-state index contributed by atoms with van der Waals surface area (Å²) in [5, 5.41) is 10.2. The molecule has 1 fully saturated rings. The van der Waals surface area contributed by atoms with Crippen LogP contribution in [0.5, 0.6) is 0 Å². The zero-order valence-electron chi connectivity index (χ0n) is 14.7. The third kappa shape index (κ3) is 4.46. The van der Waals surface area contributed by atoms with E-state index in [1.807, 2.05) is 0 Å². The van der Waals surface area contributed by atoms with Crippen molar-refractivity contribution in [3.05, 3.63) is 24.0 Å². The molecule has 0 spiro atoms. The Kier molecular flexibility index (Phi) is 5.92. The van der Waals surface area contributed by atoms with Gasteiger partial charge in [-0.05, 0) is 63.2 Å². The van der Waals surface area contributed by atoms with Gasteiger partial charge in [0, 0.05) is 5.92 Å². The number of aliphatic hydroxyl groups excluding tert-OH is 1. The number of fused-ring (bicyclic) bond motifs is 1. The maximum Gasteiger partial charge on any atom is 0.184 e. The summed E-state index contributed by atoms with van der Waals surface area (Å²) in [6, 6.07) is 0. The number of aliphatic hydroxyl groups is 1. The molecule has 0 radical (unpaired) electrons. The molecular weight excluding hydrogens is 292 g/mol. The molecule has 0 heterocycles. The molecule has 2 rings (SSSR count). The molecule has 1 N–H and O–H groups in total. The third-order valence-electron chi connectivity index (χ3n) is 4.89. The predicted molar refractivity (Wildman–Crippen MR) is 93.1 cm³/mol. The maximum absolute atomic E-state index is 10.2. The van der Waals surface area contributed by atoms with E-state index < -0.39 is 8.32 Å². The normalized spacial score (nSPS) is 36.1. The molecule has 4 heteroatoms. The van der Waals surface area contributed by atoms with Crippen molar-refractivity contribution in [3.63, 3.8) is 0 Å². The van der Waals surface area contributed by atoms with Gasteiger partial charge in [-0.15, -0.1) is 0 Å². The minimum absolute atomic E-state index is 0.172. The van der Waals surface area contributed by atoms with Crippen LogP contribution in [0, 0.1) is 17.8 Å². The quantitative estimate of drug-likeness (QED) is 0.470. The summed E-state index contributed by atoms with van der Waals surface area (Å²) in [6.07, 6.45) is 9.98. The lowest BCUT2D eigenvalue weighted by atomic mass is 9.64. The minimum atomic E-state index is -1.62. The highest BCUT2D eigenvalue weighted by molar-refractivity contribution is 6.69. The molecule has 0 unspecified atom stereocenters. The van der Waals surface area contributed by atoms with Crippen LogP contribution in [0.4, 0.5) is 0 Å². The van der Waals surface area contributed by atoms with Crippen LogP contribution in [0.2, 0.25) is 19.6 Å². The van der Waals surface area contributed by atoms with Gasteiger partial charge in [-0.3, -0.25) is 0 Å². The van der Waals surface area contributed by atoms with Crippen LogP contribution in [0.25, 0.3) is 0 Å². The number of methoxy groups -OCH3 is 1. The van der Waals surface area contributed by atoms with Gasteiger partial charge in [0.1, 0.15) is 0 Å². The summed E-state index contributed by atoms with van der Waals surface area (Å²) in [4.78, 5) is 0. The van der Waals surface area contributed by atoms with E-state index in [9.17, 15) is 5.11 Å². The van der Waals surface area contributed by atoms with Crippen LogP contribution in [-0.4, -0.2) is 32.7 Å². The Hall–Kier alpha value is -0.583. The minimum Gasteiger partial charge on any atom is -0.505 e. The third-order valence-corrected chi connectivity index (χ3v) is 5.90. The standard InChI is InChI=1S/C18H32O3Si/c1-13-8-9-14-11-15(19)12-17(21-22(3,4)5)18(14)16(13)7-6-10-20-2/h6,9-10,13,15-19H,7-8,11-12H2,1-5H3/b10-6+/t13-,15+,16-,17-,18-/m0/s1. The Labute approximate surface area is 136 Å². The second kappa shape index (κ2) is 7.32. The van der Waals surface area contributed by atoms with Crippen LogP contribution in [0.1, 0.15) is 32.6 Å². The molecular formula is C18H32O3Si. The van der Waals surface area contributed by atoms with E-state index in [0.29, 0.717) is 17.8 Å². The molecule has 0 aromatic carbocycles. The second-order valence-corrected chi connectivity index (χ2v) is 12.3. The molecule has 3 nitrogen and oxygen atoms in total. The van der Waals surface area contributed by atoms with Crippen LogP contribution < -0.4 is 0 Å². The van der Waals surface area contributed by atoms with Crippen LogP contribution >= 0.6 is 0 Å². The first-order valence-electron chi connectivity index (χ1n) is 8.54. The molecule has 2 aliphatic rings. The average molecular weight is 325 g/mol. The van der Waals surface area contributed by atoms with E-state index in [0.717, 1.165) is 25.7 Å². The summed E-state index contributed by atoms with van der Waals surface area (Å²) in [5.74, 6) is 1.69. The molecule has 5 atom stereocenters. The largest absolute Gasteiger partial charge is 0.505 e. The number of hydrogen-bond donors (Lipinski definition) is 1. The summed E-state index contributed by atoms with van der Waals surface area (Å²) in [5.41, 5.74) is 1.43. The highest BCUT2D eigenvalue weighted by Gasteiger charge is 2.43. The number of rotatable bonds is 5. The highest BCUT2D eigenvalue weighted by atomic mass is 28.4. The fraction of sp³-hybridized carbons (Fsp3) is 0.778. The Balaban J connectivity index is 2.23. The first kappa shape index (κ1) is 17.8. The van der Waals surface area contributed by atoms with Crippen molar-refractivity contribution in [2.45, 2.75) is 64.5 Å². The molecule has 0 saturated heterocycles. The monoisotopic (exact) mass is 324 g/mol. The summed E-state index contributed by atoms with van der Waals surface area (Å²) >= 11 is 0. The Morgan fingerprint density at radius 3 is 2.73 bits per heavy atom. The average Bonchev–Trinajstić information content (AvgIpc) is 2.39. The van der Waals surface area contributed by atoms with Crippen molar-refractivity contribution in [2.24, 2.45) is 17.8 Å². The maximum atomic E-state index is 10.2. The van der Waals surface area contributed by atoms with Crippen molar-refractivity contribution in [2.75, 3.05) is 7.11 Å². The van der Waals surface area contributed by atoms with E-state index in [4.69, 9.17) is 9.16 Å². The molecule has 2 aliphatic carbocycles. The molecule has 0 amide bonds. The fourth-order valence-corrected chi connectivity index (χ4v) is 5.20. The summed E-state index contributed by atoms with van der Waals surface area (Å²) in [7, 11) is 0.0733. The fourth-order valence-electron chi connectivity index (χ4n) is 4.04. The lowest BCUT2D eigenvalue weighted by Crippen LogP contribution is -2.47. The first-order valence-corrected chi connectivity index (χ1v) is 11.9. The van der Waals surface area contributed by atoms with Crippen LogP contribution in [0.15, 0.2) is 24.0 Å². The Morgan fingerprint density at radius 2 is 2.09 bits per heavy atom. The Bertz CT molecular complexity index is 425. The zero-order valence-corrected chi connectivity index (χ0v) is 15.7. The van der Waals surface area contributed by atoms with Crippen LogP contribution in [0.3, 0.4) is 0 Å². The van der Waals surface area contributed by atoms with Gasteiger partial charge in [0.15, 0.2) is 8.32 Å². The first-order chi connectivity index (χ1) is 10.3. The van der Waals surface area contributed by atoms with E-state index >= 15 is 0 Å². The number of hydrogen-bond acceptors (Lipinski definition) is 3. The van der Waals surface area contributed by atoms with Gasteiger partial charge in [0.25, 0.3) is 0 Å². The van der Waals surface area contributed by atoms with Gasteiger partial charge in [0.2, 0.25) is 0 Å². The Morgan fingerprint density at radius 1 is 1.36 bits per heavy atom. The lowest BCUT2D eigenvalue weighted by Gasteiger charge is -2.47. The zero-order chi connectivity index (χ0) is 16.3. The summed E-state index contributed by atoms with van der Waals surface area (Å²) < 4.78 is 11.6. The van der Waals surface area contributed by atoms with Crippen molar-refractivity contribution < 1.29 is 14.3 Å². The van der Waals surface area contributed by atoms with Gasteiger partial charge in [-0.25, -0.2) is 0 Å². The predicted octanol–water partition coefficient (Wildman–Crippen LogP) is 4.11. The summed E-state index contributed by atoms with van der Waals surface area (Å²) in [6.45, 7) is 9.06. The SMILES string of the molecule is CO/C=C/C[C@@H]1[C@@H]2C(=CC[C@@H]1C)C[C@@H](O)C[C@@H]2O[Si](C)(C)C. The van der Waals surface area contributed by atoms with E-state index in [-0.39, 0.29) is 12.2 Å². The molecule has 126 valence electrons. The van der Waals surface area contributed by atoms with Crippen molar-refractivity contribution in [3.8, 4) is 0 Å². The number of allylic oxidation sites excluding steroid dienone is 2. The molecule has 0 aromatic heterocycles. The number of ether oxygens (including phenoxy) is 1. The van der Waals surface area contributed by atoms with Gasteiger partial charge in [-0.1, -0.05) is 18.6 Å². The van der Waals surface area contributed by atoms with Crippen molar-refractivity contribution >= 4 is 8.32 Å². The molecule has 0 aliphatic heterocycles. The van der Waals surface area contributed by atoms with Gasteiger partial charge >= 0.3 is 0 Å². The van der Waals surface area contributed by atoms with E-state index in [1.54, 1.807) is 13.4 Å². The molecule has 0 aromatic rings. The molecule has 1 saturated carbocycles. The molecule has 0 bridgehead atoms. The van der Waals surface area contributed by atoms with Crippen LogP contribution in [-0.2, 0) is 9.16 Å². The topological polar surface area (TPSA) is 38.7 Å². The second-order valence-electron chi connectivity index (χ2n) is 7.89. The van der Waals surface area contributed by atoms with Gasteiger partial charge < -0.3 is 14.3 Å². The molecule has 22 heavy (non-hydrogen) atoms.